The fraction of sp³-hybridized carbons (Fsp3) is 0.208. The first-order chi connectivity index (χ1) is 15.6. The SMILES string of the molecule is COC(=O)c1ccc(NC(=O)C(=O)NC[C@H](c2cccs2)N2CCc3ccccc32)cc1. The Kier molecular flexibility index (Phi) is 6.51. The van der Waals surface area contributed by atoms with E-state index in [9.17, 15) is 14.4 Å². The molecule has 0 unspecified atom stereocenters. The summed E-state index contributed by atoms with van der Waals surface area (Å²) in [6.45, 7) is 1.17. The molecule has 4 rings (SSSR count). The molecule has 2 N–H and O–H groups in total. The third-order valence-corrected chi connectivity index (χ3v) is 6.37. The number of hydrogen-bond donors (Lipinski definition) is 2. The minimum absolute atomic E-state index is 0.0604. The second-order valence-electron chi connectivity index (χ2n) is 7.34. The van der Waals surface area contributed by atoms with Gasteiger partial charge in [-0.25, -0.2) is 4.79 Å². The lowest BCUT2D eigenvalue weighted by Crippen LogP contribution is -2.41. The van der Waals surface area contributed by atoms with Crippen molar-refractivity contribution in [2.45, 2.75) is 12.5 Å². The summed E-state index contributed by atoms with van der Waals surface area (Å²) in [4.78, 5) is 39.8. The molecule has 164 valence electrons. The van der Waals surface area contributed by atoms with Crippen molar-refractivity contribution in [3.05, 3.63) is 82.0 Å². The number of carbonyl (C=O) groups is 3. The highest BCUT2D eigenvalue weighted by molar-refractivity contribution is 7.10. The van der Waals surface area contributed by atoms with Gasteiger partial charge in [-0.05, 0) is 53.8 Å². The highest BCUT2D eigenvalue weighted by Gasteiger charge is 2.28. The summed E-state index contributed by atoms with van der Waals surface area (Å²) < 4.78 is 4.65. The zero-order chi connectivity index (χ0) is 22.5. The van der Waals surface area contributed by atoms with Crippen molar-refractivity contribution < 1.29 is 19.1 Å². The van der Waals surface area contributed by atoms with Crippen LogP contribution in [0.4, 0.5) is 11.4 Å². The molecule has 3 aromatic rings. The number of ether oxygens (including phenoxy) is 1. The molecule has 0 spiro atoms. The fourth-order valence-electron chi connectivity index (χ4n) is 3.80. The van der Waals surface area contributed by atoms with Gasteiger partial charge in [0.2, 0.25) is 0 Å². The molecule has 1 aliphatic rings. The van der Waals surface area contributed by atoms with Crippen molar-refractivity contribution in [2.24, 2.45) is 0 Å². The number of thiophene rings is 1. The van der Waals surface area contributed by atoms with Crippen LogP contribution in [0.2, 0.25) is 0 Å². The number of methoxy groups -OCH3 is 1. The fourth-order valence-corrected chi connectivity index (χ4v) is 4.64. The minimum Gasteiger partial charge on any atom is -0.465 e. The lowest BCUT2D eigenvalue weighted by molar-refractivity contribution is -0.136. The van der Waals surface area contributed by atoms with Gasteiger partial charge < -0.3 is 20.3 Å². The quantitative estimate of drug-likeness (QED) is 0.445. The monoisotopic (exact) mass is 449 g/mol. The van der Waals surface area contributed by atoms with Gasteiger partial charge >= 0.3 is 17.8 Å². The summed E-state index contributed by atoms with van der Waals surface area (Å²) in [5.41, 5.74) is 3.23. The van der Waals surface area contributed by atoms with Gasteiger partial charge in [0.1, 0.15) is 0 Å². The Balaban J connectivity index is 1.40. The van der Waals surface area contributed by atoms with Crippen molar-refractivity contribution in [3.8, 4) is 0 Å². The van der Waals surface area contributed by atoms with Gasteiger partial charge in [0, 0.05) is 29.3 Å². The number of benzene rings is 2. The number of amides is 2. The van der Waals surface area contributed by atoms with E-state index < -0.39 is 17.8 Å². The van der Waals surface area contributed by atoms with Gasteiger partial charge in [-0.3, -0.25) is 9.59 Å². The number of nitrogens with one attached hydrogen (secondary N) is 2. The molecule has 1 aromatic heterocycles. The first-order valence-electron chi connectivity index (χ1n) is 10.2. The maximum Gasteiger partial charge on any atom is 0.337 e. The third kappa shape index (κ3) is 4.65. The van der Waals surface area contributed by atoms with E-state index in [0.29, 0.717) is 17.8 Å². The van der Waals surface area contributed by atoms with Crippen molar-refractivity contribution in [1.82, 2.24) is 5.32 Å². The maximum absolute atomic E-state index is 12.5. The van der Waals surface area contributed by atoms with Crippen LogP contribution in [0.3, 0.4) is 0 Å². The molecule has 0 saturated carbocycles. The number of carbonyl (C=O) groups excluding carboxylic acids is 3. The molecule has 0 radical (unpaired) electrons. The lowest BCUT2D eigenvalue weighted by Gasteiger charge is -2.30. The van der Waals surface area contributed by atoms with E-state index >= 15 is 0 Å². The Hall–Kier alpha value is -3.65. The predicted molar refractivity (Wildman–Crippen MR) is 124 cm³/mol. The zero-order valence-corrected chi connectivity index (χ0v) is 18.4. The molecular formula is C24H23N3O4S. The Morgan fingerprint density at radius 1 is 1.03 bits per heavy atom. The number of anilines is 2. The van der Waals surface area contributed by atoms with Crippen molar-refractivity contribution in [1.29, 1.82) is 0 Å². The molecule has 0 saturated heterocycles. The molecule has 0 aliphatic carbocycles. The van der Waals surface area contributed by atoms with Crippen molar-refractivity contribution in [3.63, 3.8) is 0 Å². The van der Waals surface area contributed by atoms with Crippen LogP contribution in [-0.2, 0) is 20.7 Å². The van der Waals surface area contributed by atoms with Crippen LogP contribution in [0, 0.1) is 0 Å². The average molecular weight is 450 g/mol. The van der Waals surface area contributed by atoms with E-state index in [1.807, 2.05) is 29.6 Å². The molecule has 2 heterocycles. The highest BCUT2D eigenvalue weighted by Crippen LogP contribution is 2.36. The Morgan fingerprint density at radius 2 is 1.81 bits per heavy atom. The number of nitrogens with zero attached hydrogens (tertiary/aromatic N) is 1. The Bertz CT molecular complexity index is 1110. The van der Waals surface area contributed by atoms with Gasteiger partial charge in [-0.2, -0.15) is 0 Å². The Labute approximate surface area is 190 Å². The molecule has 0 fully saturated rings. The summed E-state index contributed by atoms with van der Waals surface area (Å²) in [6.07, 6.45) is 0.952. The first-order valence-corrected chi connectivity index (χ1v) is 11.1. The minimum atomic E-state index is -0.762. The van der Waals surface area contributed by atoms with Gasteiger partial charge in [-0.15, -0.1) is 11.3 Å². The third-order valence-electron chi connectivity index (χ3n) is 5.40. The van der Waals surface area contributed by atoms with E-state index in [1.54, 1.807) is 23.5 Å². The number of para-hydroxylation sites is 1. The smallest absolute Gasteiger partial charge is 0.337 e. The molecule has 8 heteroatoms. The average Bonchev–Trinajstić information content (AvgIpc) is 3.50. The van der Waals surface area contributed by atoms with Gasteiger partial charge in [-0.1, -0.05) is 24.3 Å². The van der Waals surface area contributed by atoms with Crippen molar-refractivity contribution in [2.75, 3.05) is 30.4 Å². The molecule has 7 nitrogen and oxygen atoms in total. The van der Waals surface area contributed by atoms with Gasteiger partial charge in [0.05, 0.1) is 18.7 Å². The number of fused-ring (bicyclic) bond motifs is 1. The van der Waals surface area contributed by atoms with Crippen LogP contribution in [0.25, 0.3) is 0 Å². The van der Waals surface area contributed by atoms with Crippen LogP contribution in [0.1, 0.15) is 26.8 Å². The van der Waals surface area contributed by atoms with E-state index in [2.05, 4.69) is 32.4 Å². The molecule has 32 heavy (non-hydrogen) atoms. The molecule has 1 aliphatic heterocycles. The number of rotatable bonds is 6. The summed E-state index contributed by atoms with van der Waals surface area (Å²) in [5, 5.41) is 7.34. The maximum atomic E-state index is 12.5. The van der Waals surface area contributed by atoms with Crippen LogP contribution in [-0.4, -0.2) is 38.0 Å². The van der Waals surface area contributed by atoms with E-state index in [0.717, 1.165) is 23.5 Å². The van der Waals surface area contributed by atoms with Crippen LogP contribution < -0.4 is 15.5 Å². The molecular weight excluding hydrogens is 426 g/mol. The molecule has 2 aromatic carbocycles. The highest BCUT2D eigenvalue weighted by atomic mass is 32.1. The van der Waals surface area contributed by atoms with E-state index in [4.69, 9.17) is 0 Å². The lowest BCUT2D eigenvalue weighted by atomic mass is 10.1. The van der Waals surface area contributed by atoms with E-state index in [1.165, 1.54) is 24.8 Å². The zero-order valence-electron chi connectivity index (χ0n) is 17.5. The molecule has 0 bridgehead atoms. The van der Waals surface area contributed by atoms with Crippen LogP contribution in [0.5, 0.6) is 0 Å². The summed E-state index contributed by atoms with van der Waals surface area (Å²) in [6, 6.07) is 18.4. The van der Waals surface area contributed by atoms with Gasteiger partial charge in [0.15, 0.2) is 0 Å². The first kappa shape index (κ1) is 21.6. The summed E-state index contributed by atoms with van der Waals surface area (Å²) in [7, 11) is 1.30. The summed E-state index contributed by atoms with van der Waals surface area (Å²) in [5.74, 6) is -1.94. The largest absolute Gasteiger partial charge is 0.465 e. The second kappa shape index (κ2) is 9.65. The second-order valence-corrected chi connectivity index (χ2v) is 8.32. The van der Waals surface area contributed by atoms with Crippen LogP contribution in [0.15, 0.2) is 66.0 Å². The molecule has 1 atom stereocenters. The predicted octanol–water partition coefficient (Wildman–Crippen LogP) is 3.39. The van der Waals surface area contributed by atoms with E-state index in [-0.39, 0.29) is 6.04 Å². The Morgan fingerprint density at radius 3 is 2.53 bits per heavy atom. The standard InChI is InChI=1S/C24H23N3O4S/c1-31-24(30)17-8-10-18(11-9-17)26-23(29)22(28)25-15-20(21-7-4-14-32-21)27-13-12-16-5-2-3-6-19(16)27/h2-11,14,20H,12-13,15H2,1H3,(H,25,28)(H,26,29)/t20-/m1/s1. The molecule has 2 amide bonds. The number of hydrogen-bond acceptors (Lipinski definition) is 6. The normalized spacial score (nSPS) is 13.2. The van der Waals surface area contributed by atoms with Gasteiger partial charge in [0.25, 0.3) is 0 Å². The van der Waals surface area contributed by atoms with Crippen molar-refractivity contribution >= 4 is 40.5 Å². The number of esters is 1. The topological polar surface area (TPSA) is 87.7 Å². The summed E-state index contributed by atoms with van der Waals surface area (Å²) >= 11 is 1.63. The van der Waals surface area contributed by atoms with Crippen LogP contribution >= 0.6 is 11.3 Å².